The molecule has 0 saturated carbocycles. The fourth-order valence-electron chi connectivity index (χ4n) is 0.801. The third kappa shape index (κ3) is 3.15. The second-order valence-corrected chi connectivity index (χ2v) is 4.53. The highest BCUT2D eigenvalue weighted by Crippen LogP contribution is 2.36. The van der Waals surface area contributed by atoms with Crippen LogP contribution in [0.15, 0.2) is 21.1 Å². The van der Waals surface area contributed by atoms with Gasteiger partial charge in [-0.25, -0.2) is 4.79 Å². The first-order valence-electron chi connectivity index (χ1n) is 3.50. The summed E-state index contributed by atoms with van der Waals surface area (Å²) in [5, 5.41) is 8.96. The van der Waals surface area contributed by atoms with Gasteiger partial charge in [0.2, 0.25) is 0 Å². The molecule has 1 aromatic rings. The Morgan fingerprint density at radius 3 is 2.36 bits per heavy atom. The van der Waals surface area contributed by atoms with Crippen molar-refractivity contribution in [3.8, 4) is 5.75 Å². The maximum absolute atomic E-state index is 10.3. The van der Waals surface area contributed by atoms with Gasteiger partial charge in [-0.15, -0.1) is 0 Å². The Labute approximate surface area is 102 Å². The molecule has 0 aliphatic rings. The Bertz CT molecular complexity index is 345. The average molecular weight is 344 g/mol. The zero-order chi connectivity index (χ0) is 10.7. The molecule has 0 unspecified atom stereocenters. The highest BCUT2D eigenvalue weighted by Gasteiger charge is 2.09. The van der Waals surface area contributed by atoms with Crippen molar-refractivity contribution in [3.05, 3.63) is 26.1 Å². The van der Waals surface area contributed by atoms with Crippen molar-refractivity contribution in [1.82, 2.24) is 0 Å². The summed E-state index contributed by atoms with van der Waals surface area (Å²) in [5.41, 5.74) is 0. The molecule has 0 aromatic heterocycles. The number of carboxylic acids is 1. The first kappa shape index (κ1) is 11.8. The van der Waals surface area contributed by atoms with E-state index in [4.69, 9.17) is 21.4 Å². The normalized spacial score (nSPS) is 9.93. The van der Waals surface area contributed by atoms with Crippen LogP contribution in [0.3, 0.4) is 0 Å². The van der Waals surface area contributed by atoms with E-state index in [1.807, 2.05) is 0 Å². The van der Waals surface area contributed by atoms with E-state index in [0.717, 1.165) is 0 Å². The van der Waals surface area contributed by atoms with Gasteiger partial charge in [0.15, 0.2) is 6.61 Å². The largest absolute Gasteiger partial charge is 0.480 e. The summed E-state index contributed by atoms with van der Waals surface area (Å²) in [6.45, 7) is -0.390. The van der Waals surface area contributed by atoms with Gasteiger partial charge in [0, 0.05) is 5.02 Å². The van der Waals surface area contributed by atoms with Crippen LogP contribution in [0.25, 0.3) is 0 Å². The molecule has 0 aliphatic heterocycles. The molecule has 0 aliphatic carbocycles. The number of rotatable bonds is 3. The molecule has 0 saturated heterocycles. The molecule has 0 atom stereocenters. The first-order chi connectivity index (χ1) is 6.50. The Morgan fingerprint density at radius 2 is 1.93 bits per heavy atom. The molecule has 6 heteroatoms. The van der Waals surface area contributed by atoms with Crippen LogP contribution in [0.1, 0.15) is 0 Å². The minimum absolute atomic E-state index is 0.390. The van der Waals surface area contributed by atoms with Crippen molar-refractivity contribution in [1.29, 1.82) is 0 Å². The maximum atomic E-state index is 10.3. The fraction of sp³-hybridized carbons (Fsp3) is 0.125. The summed E-state index contributed by atoms with van der Waals surface area (Å²) < 4.78 is 6.25. The highest BCUT2D eigenvalue weighted by molar-refractivity contribution is 9.11. The number of carboxylic acid groups (broad SMARTS) is 1. The zero-order valence-corrected chi connectivity index (χ0v) is 10.7. The van der Waals surface area contributed by atoms with E-state index < -0.39 is 12.6 Å². The lowest BCUT2D eigenvalue weighted by atomic mass is 10.3. The predicted octanol–water partition coefficient (Wildman–Crippen LogP) is 3.33. The van der Waals surface area contributed by atoms with Gasteiger partial charge in [-0.05, 0) is 44.0 Å². The molecule has 3 nitrogen and oxygen atoms in total. The molecule has 14 heavy (non-hydrogen) atoms. The smallest absolute Gasteiger partial charge is 0.341 e. The fourth-order valence-corrected chi connectivity index (χ4v) is 2.70. The Balaban J connectivity index is 2.91. The molecule has 1 aromatic carbocycles. The number of ether oxygens (including phenoxy) is 1. The summed E-state index contributed by atoms with van der Waals surface area (Å²) in [6.07, 6.45) is 0. The van der Waals surface area contributed by atoms with Crippen LogP contribution in [0.2, 0.25) is 5.02 Å². The van der Waals surface area contributed by atoms with Gasteiger partial charge in [0.25, 0.3) is 0 Å². The number of hydrogen-bond donors (Lipinski definition) is 1. The Hall–Kier alpha value is -0.260. The van der Waals surface area contributed by atoms with Crippen LogP contribution < -0.4 is 4.74 Å². The van der Waals surface area contributed by atoms with Gasteiger partial charge in [-0.2, -0.15) is 0 Å². The second kappa shape index (κ2) is 5.00. The average Bonchev–Trinajstić information content (AvgIpc) is 2.01. The van der Waals surface area contributed by atoms with Crippen LogP contribution in [0, 0.1) is 0 Å². The highest BCUT2D eigenvalue weighted by atomic mass is 79.9. The number of carbonyl (C=O) groups is 1. The minimum atomic E-state index is -1.03. The molecule has 0 spiro atoms. The monoisotopic (exact) mass is 342 g/mol. The summed E-state index contributed by atoms with van der Waals surface area (Å²) in [6, 6.07) is 3.26. The zero-order valence-electron chi connectivity index (χ0n) is 6.76. The van der Waals surface area contributed by atoms with Gasteiger partial charge < -0.3 is 9.84 Å². The number of benzene rings is 1. The first-order valence-corrected chi connectivity index (χ1v) is 5.46. The topological polar surface area (TPSA) is 46.5 Å². The van der Waals surface area contributed by atoms with Crippen molar-refractivity contribution in [2.24, 2.45) is 0 Å². The second-order valence-electron chi connectivity index (χ2n) is 2.38. The van der Waals surface area contributed by atoms with E-state index in [9.17, 15) is 4.79 Å². The quantitative estimate of drug-likeness (QED) is 0.915. The minimum Gasteiger partial charge on any atom is -0.480 e. The molecule has 0 amide bonds. The Kier molecular flexibility index (Phi) is 4.22. The van der Waals surface area contributed by atoms with Crippen LogP contribution in [0.4, 0.5) is 0 Å². The van der Waals surface area contributed by atoms with Crippen molar-refractivity contribution >= 4 is 49.4 Å². The molecule has 76 valence electrons. The predicted molar refractivity (Wildman–Crippen MR) is 60.0 cm³/mol. The van der Waals surface area contributed by atoms with Crippen LogP contribution in [-0.2, 0) is 4.79 Å². The van der Waals surface area contributed by atoms with E-state index in [-0.39, 0.29) is 0 Å². The number of halogens is 3. The van der Waals surface area contributed by atoms with Gasteiger partial charge in [0.05, 0.1) is 8.95 Å². The summed E-state index contributed by atoms with van der Waals surface area (Å²) >= 11 is 12.2. The number of aliphatic carboxylic acids is 1. The van der Waals surface area contributed by atoms with E-state index in [1.165, 1.54) is 0 Å². The molecule has 1 rings (SSSR count). The number of hydrogen-bond acceptors (Lipinski definition) is 2. The lowest BCUT2D eigenvalue weighted by molar-refractivity contribution is -0.139. The summed E-state index contributed by atoms with van der Waals surface area (Å²) in [4.78, 5) is 10.3. The standard InChI is InChI=1S/C8H5Br2ClO3/c9-5-1-4(11)2-6(10)8(5)14-3-7(12)13/h1-2H,3H2,(H,12,13). The van der Waals surface area contributed by atoms with Crippen molar-refractivity contribution in [3.63, 3.8) is 0 Å². The van der Waals surface area contributed by atoms with Gasteiger partial charge >= 0.3 is 5.97 Å². The van der Waals surface area contributed by atoms with Crippen molar-refractivity contribution in [2.45, 2.75) is 0 Å². The summed E-state index contributed by atoms with van der Waals surface area (Å²) in [7, 11) is 0. The SMILES string of the molecule is O=C(O)COc1c(Br)cc(Cl)cc1Br. The summed E-state index contributed by atoms with van der Waals surface area (Å²) in [5.74, 6) is -0.601. The van der Waals surface area contributed by atoms with Gasteiger partial charge in [-0.1, -0.05) is 11.6 Å². The third-order valence-corrected chi connectivity index (χ3v) is 2.70. The molecule has 0 fully saturated rings. The lowest BCUT2D eigenvalue weighted by Gasteiger charge is -2.08. The molecule has 0 bridgehead atoms. The van der Waals surface area contributed by atoms with E-state index in [2.05, 4.69) is 31.9 Å². The molecular formula is C8H5Br2ClO3. The van der Waals surface area contributed by atoms with Crippen molar-refractivity contribution in [2.75, 3.05) is 6.61 Å². The maximum Gasteiger partial charge on any atom is 0.341 e. The molecule has 0 radical (unpaired) electrons. The van der Waals surface area contributed by atoms with E-state index >= 15 is 0 Å². The van der Waals surface area contributed by atoms with Crippen LogP contribution in [0.5, 0.6) is 5.75 Å². The van der Waals surface area contributed by atoms with Crippen molar-refractivity contribution < 1.29 is 14.6 Å². The molecule has 0 heterocycles. The molecule has 1 N–H and O–H groups in total. The van der Waals surface area contributed by atoms with E-state index in [1.54, 1.807) is 12.1 Å². The van der Waals surface area contributed by atoms with Crippen LogP contribution >= 0.6 is 43.5 Å². The van der Waals surface area contributed by atoms with Gasteiger partial charge in [-0.3, -0.25) is 0 Å². The van der Waals surface area contributed by atoms with E-state index in [0.29, 0.717) is 19.7 Å². The third-order valence-electron chi connectivity index (χ3n) is 1.30. The molecular weight excluding hydrogens is 339 g/mol. The Morgan fingerprint density at radius 1 is 1.43 bits per heavy atom. The van der Waals surface area contributed by atoms with Crippen LogP contribution in [-0.4, -0.2) is 17.7 Å². The van der Waals surface area contributed by atoms with Gasteiger partial charge in [0.1, 0.15) is 5.75 Å². The lowest BCUT2D eigenvalue weighted by Crippen LogP contribution is -2.10.